The molecular formula is C15H13ClN4O2. The average Bonchev–Trinajstić information content (AvgIpc) is 2.54. The van der Waals surface area contributed by atoms with Crippen molar-refractivity contribution in [1.82, 2.24) is 15.7 Å². The number of nitrogens with one attached hydrogen (secondary N) is 2. The molecule has 0 atom stereocenters. The van der Waals surface area contributed by atoms with E-state index in [4.69, 9.17) is 11.6 Å². The maximum absolute atomic E-state index is 11.8. The summed E-state index contributed by atoms with van der Waals surface area (Å²) in [6, 6.07) is 9.93. The van der Waals surface area contributed by atoms with Gasteiger partial charge in [-0.3, -0.25) is 14.6 Å². The number of hydrogen-bond acceptors (Lipinski definition) is 4. The highest BCUT2D eigenvalue weighted by Crippen LogP contribution is 2.09. The molecule has 2 amide bonds. The van der Waals surface area contributed by atoms with Crippen LogP contribution in [0, 0.1) is 0 Å². The van der Waals surface area contributed by atoms with Crippen molar-refractivity contribution in [3.8, 4) is 0 Å². The van der Waals surface area contributed by atoms with Crippen LogP contribution >= 0.6 is 11.6 Å². The zero-order valence-electron chi connectivity index (χ0n) is 11.5. The Morgan fingerprint density at radius 1 is 1.23 bits per heavy atom. The molecule has 0 aliphatic heterocycles. The van der Waals surface area contributed by atoms with Gasteiger partial charge in [-0.25, -0.2) is 5.43 Å². The summed E-state index contributed by atoms with van der Waals surface area (Å²) in [6.45, 7) is -0.175. The molecule has 0 bridgehead atoms. The van der Waals surface area contributed by atoms with Crippen molar-refractivity contribution in [3.05, 3.63) is 64.9 Å². The molecule has 0 unspecified atom stereocenters. The summed E-state index contributed by atoms with van der Waals surface area (Å²) in [6.07, 6.45) is 4.71. The zero-order chi connectivity index (χ0) is 15.8. The Labute approximate surface area is 132 Å². The van der Waals surface area contributed by atoms with Gasteiger partial charge in [0.05, 0.1) is 12.8 Å². The summed E-state index contributed by atoms with van der Waals surface area (Å²) >= 11 is 5.74. The quantitative estimate of drug-likeness (QED) is 0.649. The third kappa shape index (κ3) is 4.99. The second kappa shape index (κ2) is 7.90. The van der Waals surface area contributed by atoms with Crippen LogP contribution in [0.1, 0.15) is 15.9 Å². The Balaban J connectivity index is 1.77. The van der Waals surface area contributed by atoms with Crippen molar-refractivity contribution in [2.75, 3.05) is 6.54 Å². The van der Waals surface area contributed by atoms with Crippen LogP contribution in [-0.2, 0) is 4.79 Å². The molecule has 2 aromatic rings. The molecule has 6 nitrogen and oxygen atoms in total. The maximum atomic E-state index is 11.8. The van der Waals surface area contributed by atoms with E-state index in [1.165, 1.54) is 6.21 Å². The second-order valence-corrected chi connectivity index (χ2v) is 4.71. The van der Waals surface area contributed by atoms with Crippen LogP contribution in [0.5, 0.6) is 0 Å². The maximum Gasteiger partial charge on any atom is 0.259 e. The van der Waals surface area contributed by atoms with E-state index in [-0.39, 0.29) is 12.5 Å². The van der Waals surface area contributed by atoms with Crippen molar-refractivity contribution in [2.45, 2.75) is 0 Å². The predicted molar refractivity (Wildman–Crippen MR) is 83.8 cm³/mol. The van der Waals surface area contributed by atoms with Crippen LogP contribution in [0.3, 0.4) is 0 Å². The topological polar surface area (TPSA) is 83.5 Å². The number of hydrogen-bond donors (Lipinski definition) is 2. The van der Waals surface area contributed by atoms with Crippen molar-refractivity contribution < 1.29 is 9.59 Å². The number of nitrogens with zero attached hydrogens (tertiary/aromatic N) is 2. The molecule has 2 N–H and O–H groups in total. The van der Waals surface area contributed by atoms with E-state index in [1.54, 1.807) is 48.8 Å². The summed E-state index contributed by atoms with van der Waals surface area (Å²) in [5, 5.41) is 6.80. The van der Waals surface area contributed by atoms with Crippen LogP contribution in [0.15, 0.2) is 53.9 Å². The lowest BCUT2D eigenvalue weighted by molar-refractivity contribution is -0.120. The molecule has 0 radical (unpaired) electrons. The lowest BCUT2D eigenvalue weighted by atomic mass is 10.2. The van der Waals surface area contributed by atoms with Gasteiger partial charge in [0.2, 0.25) is 0 Å². The van der Waals surface area contributed by atoms with Crippen LogP contribution < -0.4 is 10.7 Å². The average molecular weight is 317 g/mol. The smallest absolute Gasteiger partial charge is 0.259 e. The molecule has 0 fully saturated rings. The first kappa shape index (κ1) is 15.7. The first-order valence-corrected chi connectivity index (χ1v) is 6.78. The molecular weight excluding hydrogens is 304 g/mol. The van der Waals surface area contributed by atoms with E-state index in [0.29, 0.717) is 10.6 Å². The number of carbonyl (C=O) groups excluding carboxylic acids is 2. The van der Waals surface area contributed by atoms with Gasteiger partial charge in [0.25, 0.3) is 11.8 Å². The summed E-state index contributed by atoms with van der Waals surface area (Å²) in [5.41, 5.74) is 3.50. The van der Waals surface area contributed by atoms with E-state index in [9.17, 15) is 9.59 Å². The van der Waals surface area contributed by atoms with Gasteiger partial charge in [-0.2, -0.15) is 5.10 Å². The largest absolute Gasteiger partial charge is 0.343 e. The molecule has 0 spiro atoms. The SMILES string of the molecule is O=C(CNC(=O)c1ccc(Cl)cc1)N/N=C\c1cccnc1. The van der Waals surface area contributed by atoms with Gasteiger partial charge in [-0.15, -0.1) is 0 Å². The Morgan fingerprint density at radius 3 is 2.68 bits per heavy atom. The summed E-state index contributed by atoms with van der Waals surface area (Å²) in [4.78, 5) is 27.2. The van der Waals surface area contributed by atoms with Gasteiger partial charge < -0.3 is 5.32 Å². The monoisotopic (exact) mass is 316 g/mol. The number of carbonyl (C=O) groups is 2. The predicted octanol–water partition coefficient (Wildman–Crippen LogP) is 1.62. The second-order valence-electron chi connectivity index (χ2n) is 4.27. The molecule has 112 valence electrons. The summed E-state index contributed by atoms with van der Waals surface area (Å²) in [7, 11) is 0. The number of aromatic nitrogens is 1. The molecule has 0 aliphatic rings. The van der Waals surface area contributed by atoms with Gasteiger partial charge >= 0.3 is 0 Å². The fraction of sp³-hybridized carbons (Fsp3) is 0.0667. The van der Waals surface area contributed by atoms with E-state index in [1.807, 2.05) is 0 Å². The molecule has 7 heteroatoms. The lowest BCUT2D eigenvalue weighted by Gasteiger charge is -2.04. The van der Waals surface area contributed by atoms with Gasteiger partial charge in [0.15, 0.2) is 0 Å². The van der Waals surface area contributed by atoms with Crippen molar-refractivity contribution in [2.24, 2.45) is 5.10 Å². The normalized spacial score (nSPS) is 10.4. The highest BCUT2D eigenvalue weighted by atomic mass is 35.5. The van der Waals surface area contributed by atoms with Gasteiger partial charge in [0.1, 0.15) is 0 Å². The standard InChI is InChI=1S/C15H13ClN4O2/c16-13-5-3-12(4-6-13)15(22)18-10-14(21)20-19-9-11-2-1-7-17-8-11/h1-9H,10H2,(H,18,22)(H,20,21)/b19-9-. The molecule has 1 aromatic carbocycles. The Hall–Kier alpha value is -2.73. The Kier molecular flexibility index (Phi) is 5.62. The minimum Gasteiger partial charge on any atom is -0.343 e. The van der Waals surface area contributed by atoms with Gasteiger partial charge in [0, 0.05) is 28.5 Å². The van der Waals surface area contributed by atoms with Crippen molar-refractivity contribution >= 4 is 29.6 Å². The van der Waals surface area contributed by atoms with E-state index in [2.05, 4.69) is 20.8 Å². The summed E-state index contributed by atoms with van der Waals surface area (Å²) in [5.74, 6) is -0.787. The van der Waals surface area contributed by atoms with Crippen molar-refractivity contribution in [1.29, 1.82) is 0 Å². The number of halogens is 1. The van der Waals surface area contributed by atoms with Gasteiger partial charge in [-0.1, -0.05) is 17.7 Å². The summed E-state index contributed by atoms with van der Waals surface area (Å²) < 4.78 is 0. The van der Waals surface area contributed by atoms with Crippen molar-refractivity contribution in [3.63, 3.8) is 0 Å². The molecule has 1 heterocycles. The molecule has 1 aromatic heterocycles. The van der Waals surface area contributed by atoms with Crippen LogP contribution in [0.25, 0.3) is 0 Å². The molecule has 22 heavy (non-hydrogen) atoms. The highest BCUT2D eigenvalue weighted by molar-refractivity contribution is 6.30. The Morgan fingerprint density at radius 2 is 2.00 bits per heavy atom. The number of rotatable bonds is 5. The van der Waals surface area contributed by atoms with E-state index in [0.717, 1.165) is 5.56 Å². The number of pyridine rings is 1. The van der Waals surface area contributed by atoms with Crippen LogP contribution in [0.4, 0.5) is 0 Å². The first-order chi connectivity index (χ1) is 10.6. The number of hydrazone groups is 1. The molecule has 2 rings (SSSR count). The van der Waals surface area contributed by atoms with Crippen LogP contribution in [-0.4, -0.2) is 29.6 Å². The minimum absolute atomic E-state index is 0.175. The molecule has 0 saturated heterocycles. The fourth-order valence-corrected chi connectivity index (χ4v) is 1.66. The fourth-order valence-electron chi connectivity index (χ4n) is 1.53. The highest BCUT2D eigenvalue weighted by Gasteiger charge is 2.07. The molecule has 0 saturated carbocycles. The lowest BCUT2D eigenvalue weighted by Crippen LogP contribution is -2.34. The first-order valence-electron chi connectivity index (χ1n) is 6.41. The minimum atomic E-state index is -0.428. The van der Waals surface area contributed by atoms with E-state index >= 15 is 0 Å². The van der Waals surface area contributed by atoms with E-state index < -0.39 is 5.91 Å². The third-order valence-corrected chi connectivity index (χ3v) is 2.86. The number of benzene rings is 1. The van der Waals surface area contributed by atoms with Crippen LogP contribution in [0.2, 0.25) is 5.02 Å². The Bertz CT molecular complexity index is 672. The molecule has 0 aliphatic carbocycles. The number of amides is 2. The third-order valence-electron chi connectivity index (χ3n) is 2.60. The van der Waals surface area contributed by atoms with Gasteiger partial charge in [-0.05, 0) is 30.3 Å². The zero-order valence-corrected chi connectivity index (χ0v) is 12.2.